The summed E-state index contributed by atoms with van der Waals surface area (Å²) in [6.07, 6.45) is 8.16. The van der Waals surface area contributed by atoms with Crippen molar-refractivity contribution in [2.75, 3.05) is 66.0 Å². The molecule has 1 spiro atoms. The van der Waals surface area contributed by atoms with Crippen molar-refractivity contribution in [2.24, 2.45) is 17.3 Å². The summed E-state index contributed by atoms with van der Waals surface area (Å²) >= 11 is 0. The number of para-hydroxylation sites is 1. The Hall–Kier alpha value is -3.90. The molecule has 5 unspecified atom stereocenters. The number of aliphatic hydroxyl groups is 2. The summed E-state index contributed by atoms with van der Waals surface area (Å²) in [5.74, 6) is -0.979. The van der Waals surface area contributed by atoms with Crippen LogP contribution in [0.25, 0.3) is 10.9 Å². The number of anilines is 1. The van der Waals surface area contributed by atoms with Crippen LogP contribution >= 0.6 is 0 Å². The number of nitrogens with one attached hydrogen (secondary N) is 1. The number of aromatic nitrogens is 1. The Morgan fingerprint density at radius 1 is 0.964 bits per heavy atom. The molecule has 56 heavy (non-hydrogen) atoms. The van der Waals surface area contributed by atoms with Gasteiger partial charge in [-0.15, -0.1) is 0 Å². The summed E-state index contributed by atoms with van der Waals surface area (Å²) < 4.78 is 17.9. The first kappa shape index (κ1) is 37.7. The second-order valence-corrected chi connectivity index (χ2v) is 17.9. The first-order valence-electron chi connectivity index (χ1n) is 20.6. The molecule has 11 nitrogen and oxygen atoms in total. The highest BCUT2D eigenvalue weighted by atomic mass is 16.5. The smallest absolute Gasteiger partial charge is 0.340 e. The van der Waals surface area contributed by atoms with E-state index in [0.717, 1.165) is 66.0 Å². The van der Waals surface area contributed by atoms with Crippen molar-refractivity contribution in [3.05, 3.63) is 70.9 Å². The van der Waals surface area contributed by atoms with E-state index < -0.39 is 45.4 Å². The van der Waals surface area contributed by atoms with Crippen molar-refractivity contribution in [1.29, 1.82) is 0 Å². The molecular weight excluding hydrogens is 709 g/mol. The third kappa shape index (κ3) is 4.60. The summed E-state index contributed by atoms with van der Waals surface area (Å²) in [5.41, 5.74) is 0.0814. The van der Waals surface area contributed by atoms with Gasteiger partial charge in [0.15, 0.2) is 5.60 Å². The maximum Gasteiger partial charge on any atom is 0.340 e. The number of fused-ring (bicyclic) bond motifs is 6. The molecule has 9 rings (SSSR count). The minimum Gasteiger partial charge on any atom is -0.496 e. The molecule has 3 aromatic rings. The predicted molar refractivity (Wildman–Crippen MR) is 214 cm³/mol. The number of nitrogens with zero attached hydrogens (tertiary/aromatic N) is 3. The summed E-state index contributed by atoms with van der Waals surface area (Å²) in [5, 5.41) is 26.2. The van der Waals surface area contributed by atoms with E-state index in [1.807, 2.05) is 39.1 Å². The minimum absolute atomic E-state index is 0.0235. The summed E-state index contributed by atoms with van der Waals surface area (Å²) in [7, 11) is 6.46. The second kappa shape index (κ2) is 12.8. The number of carbonyl (C=O) groups excluding carboxylic acids is 2. The van der Waals surface area contributed by atoms with E-state index in [1.165, 1.54) is 14.2 Å². The third-order valence-corrected chi connectivity index (χ3v) is 15.9. The number of benzene rings is 2. The average molecular weight is 767 g/mol. The lowest BCUT2D eigenvalue weighted by Crippen LogP contribution is -2.78. The molecule has 5 aliphatic heterocycles. The summed E-state index contributed by atoms with van der Waals surface area (Å²) in [6.45, 7) is 9.90. The Morgan fingerprint density at radius 3 is 2.45 bits per heavy atom. The molecule has 2 saturated heterocycles. The summed E-state index contributed by atoms with van der Waals surface area (Å²) in [4.78, 5) is 40.3. The molecule has 2 bridgehead atoms. The zero-order valence-electron chi connectivity index (χ0n) is 34.0. The van der Waals surface area contributed by atoms with Crippen LogP contribution in [0.3, 0.4) is 0 Å². The Balaban J connectivity index is 1.36. The number of ether oxygens (including phenoxy) is 3. The zero-order valence-corrected chi connectivity index (χ0v) is 34.0. The van der Waals surface area contributed by atoms with Crippen molar-refractivity contribution >= 4 is 28.5 Å². The standard InChI is InChI=1S/C45H58N4O7/c1-8-41(52)23-28-24-44(39(50)55-6,36-30(15-19-48(25-28)26-41)29-13-10-11-14-33(29)46-36)32-21-31-34(22-35(32)54-5)47(4)38-43(31)17-20-49-18-12-16-42(9-2,37(43)49)27(3)45(38,53)40(51)56-7/h10-14,16,21-22,27-28,37-38,46,52-53H,8-9,15,17-20,23-26H2,1-7H3/t27-,28?,37?,38?,41+,42+,43?,44+,45-/m1/s1. The molecule has 0 radical (unpaired) electrons. The van der Waals surface area contributed by atoms with E-state index in [2.05, 4.69) is 57.0 Å². The number of hydrogen-bond acceptors (Lipinski definition) is 10. The van der Waals surface area contributed by atoms with Crippen molar-refractivity contribution in [1.82, 2.24) is 14.8 Å². The van der Waals surface area contributed by atoms with Crippen LogP contribution in [-0.2, 0) is 36.3 Å². The van der Waals surface area contributed by atoms with Gasteiger partial charge in [0.05, 0.1) is 33.0 Å². The van der Waals surface area contributed by atoms with Crippen LogP contribution in [0, 0.1) is 17.3 Å². The molecule has 3 N–H and O–H groups in total. The Bertz CT molecular complexity index is 2130. The number of piperidine rings is 1. The quantitative estimate of drug-likeness (QED) is 0.240. The van der Waals surface area contributed by atoms with E-state index in [-0.39, 0.29) is 17.9 Å². The van der Waals surface area contributed by atoms with Crippen LogP contribution in [0.15, 0.2) is 48.6 Å². The molecule has 1 aliphatic carbocycles. The lowest BCUT2D eigenvalue weighted by atomic mass is 9.45. The fourth-order valence-electron chi connectivity index (χ4n) is 13.6. The Labute approximate surface area is 329 Å². The van der Waals surface area contributed by atoms with Gasteiger partial charge in [-0.3, -0.25) is 14.6 Å². The third-order valence-electron chi connectivity index (χ3n) is 15.9. The number of hydrogen-bond donors (Lipinski definition) is 3. The topological polar surface area (TPSA) is 128 Å². The molecule has 11 heteroatoms. The largest absolute Gasteiger partial charge is 0.496 e. The van der Waals surface area contributed by atoms with Gasteiger partial charge in [0.1, 0.15) is 11.2 Å². The molecule has 1 saturated carbocycles. The van der Waals surface area contributed by atoms with E-state index in [9.17, 15) is 15.0 Å². The normalized spacial score (nSPS) is 38.4. The Morgan fingerprint density at radius 2 is 1.73 bits per heavy atom. The maximum atomic E-state index is 15.3. The molecule has 1 aromatic heterocycles. The molecule has 6 aliphatic rings. The predicted octanol–water partition coefficient (Wildman–Crippen LogP) is 4.70. The number of methoxy groups -OCH3 is 3. The first-order valence-corrected chi connectivity index (χ1v) is 20.6. The fourth-order valence-corrected chi connectivity index (χ4v) is 13.6. The van der Waals surface area contributed by atoms with Gasteiger partial charge in [0.25, 0.3) is 0 Å². The van der Waals surface area contributed by atoms with Gasteiger partial charge in [0, 0.05) is 89.9 Å². The van der Waals surface area contributed by atoms with Gasteiger partial charge < -0.3 is 34.3 Å². The second-order valence-electron chi connectivity index (χ2n) is 17.9. The molecular formula is C45H58N4O7. The Kier molecular flexibility index (Phi) is 8.61. The van der Waals surface area contributed by atoms with Gasteiger partial charge in [-0.1, -0.05) is 51.1 Å². The first-order chi connectivity index (χ1) is 26.8. The number of rotatable bonds is 6. The van der Waals surface area contributed by atoms with Crippen LogP contribution in [0.4, 0.5) is 5.69 Å². The van der Waals surface area contributed by atoms with Crippen LogP contribution < -0.4 is 9.64 Å². The lowest BCUT2D eigenvalue weighted by molar-refractivity contribution is -0.197. The lowest BCUT2D eigenvalue weighted by Gasteiger charge is -2.64. The van der Waals surface area contributed by atoms with E-state index in [0.29, 0.717) is 50.0 Å². The van der Waals surface area contributed by atoms with Gasteiger partial charge in [-0.25, -0.2) is 4.79 Å². The highest BCUT2D eigenvalue weighted by Crippen LogP contribution is 2.69. The number of esters is 2. The molecule has 0 amide bonds. The van der Waals surface area contributed by atoms with E-state index in [1.54, 1.807) is 7.11 Å². The van der Waals surface area contributed by atoms with Crippen LogP contribution in [-0.4, -0.2) is 121 Å². The van der Waals surface area contributed by atoms with Crippen LogP contribution in [0.1, 0.15) is 75.3 Å². The molecule has 6 heterocycles. The average Bonchev–Trinajstić information content (AvgIpc) is 3.87. The van der Waals surface area contributed by atoms with Gasteiger partial charge >= 0.3 is 11.9 Å². The minimum atomic E-state index is -1.85. The highest BCUT2D eigenvalue weighted by Gasteiger charge is 2.78. The van der Waals surface area contributed by atoms with Gasteiger partial charge in [-0.2, -0.15) is 0 Å². The number of carbonyl (C=O) groups is 2. The van der Waals surface area contributed by atoms with E-state index >= 15 is 4.79 Å². The monoisotopic (exact) mass is 766 g/mol. The van der Waals surface area contributed by atoms with E-state index in [4.69, 9.17) is 14.2 Å². The number of likely N-dealkylation sites (N-methyl/N-ethyl adjacent to an activating group) is 1. The molecule has 300 valence electrons. The molecule has 10 atom stereocenters. The summed E-state index contributed by atoms with van der Waals surface area (Å²) in [6, 6.07) is 11.8. The number of aromatic amines is 1. The van der Waals surface area contributed by atoms with Crippen LogP contribution in [0.5, 0.6) is 5.75 Å². The van der Waals surface area contributed by atoms with Gasteiger partial charge in [0.2, 0.25) is 0 Å². The SMILES string of the molecule is CC[C@]1(O)CC2CN(CCc3c([nH]c4ccccc34)[C@@](C(=O)OC)(c3cc4c(cc3OC)N(C)C3C45CCN4CC=C[C@](CC)(C45)[C@@H](C)[C@]3(O)C(=O)OC)C2)C1. The van der Waals surface area contributed by atoms with Crippen LogP contribution in [0.2, 0.25) is 0 Å². The molecule has 2 aromatic carbocycles. The van der Waals surface area contributed by atoms with Crippen molar-refractivity contribution in [3.63, 3.8) is 0 Å². The fraction of sp³-hybridized carbons (Fsp3) is 0.600. The maximum absolute atomic E-state index is 15.3. The zero-order chi connectivity index (χ0) is 39.6. The van der Waals surface area contributed by atoms with Crippen molar-refractivity contribution < 1.29 is 34.0 Å². The van der Waals surface area contributed by atoms with Crippen molar-refractivity contribution in [3.8, 4) is 5.75 Å². The number of H-pyrrole nitrogens is 1. The highest BCUT2D eigenvalue weighted by molar-refractivity contribution is 5.94. The van der Waals surface area contributed by atoms with Gasteiger partial charge in [-0.05, 0) is 74.2 Å². The van der Waals surface area contributed by atoms with Crippen molar-refractivity contribution in [2.45, 2.75) is 93.4 Å². The molecule has 3 fully saturated rings.